The number of aromatic nitrogens is 1. The minimum absolute atomic E-state index is 0.00982. The van der Waals surface area contributed by atoms with Crippen LogP contribution < -0.4 is 9.80 Å². The van der Waals surface area contributed by atoms with E-state index in [-0.39, 0.29) is 17.7 Å². The van der Waals surface area contributed by atoms with Crippen molar-refractivity contribution in [2.45, 2.75) is 25.4 Å². The fourth-order valence-corrected chi connectivity index (χ4v) is 5.57. The number of nitrogens with zero attached hydrogens (tertiary/aromatic N) is 5. The molecule has 188 valence electrons. The number of amides is 3. The van der Waals surface area contributed by atoms with Crippen molar-refractivity contribution >= 4 is 29.2 Å². The number of fused-ring (bicyclic) bond motifs is 2. The van der Waals surface area contributed by atoms with Crippen LogP contribution in [0.5, 0.6) is 0 Å². The average Bonchev–Trinajstić information content (AvgIpc) is 3.43. The molecule has 4 heterocycles. The standard InChI is InChI=1S/C29H29N5O3/c35-27(32-18-16-31(17-19-32)26-9-3-4-14-30-26)22-12-10-21(11-13-22)20-34-24-7-2-1-6-23(24)28(36)33-15-5-8-25(33)29(34)37/h1-4,6-7,9-14,25H,5,8,15-20H2. The Balaban J connectivity index is 1.16. The van der Waals surface area contributed by atoms with Gasteiger partial charge in [0.1, 0.15) is 11.9 Å². The first-order valence-electron chi connectivity index (χ1n) is 12.9. The van der Waals surface area contributed by atoms with Gasteiger partial charge in [-0.25, -0.2) is 4.98 Å². The molecule has 0 N–H and O–H groups in total. The highest BCUT2D eigenvalue weighted by atomic mass is 16.2. The molecule has 1 unspecified atom stereocenters. The number of carbonyl (C=O) groups excluding carboxylic acids is 3. The molecule has 0 bridgehead atoms. The number of piperazine rings is 1. The average molecular weight is 496 g/mol. The van der Waals surface area contributed by atoms with Crippen LogP contribution in [-0.2, 0) is 11.3 Å². The third-order valence-electron chi connectivity index (χ3n) is 7.57. The summed E-state index contributed by atoms with van der Waals surface area (Å²) in [4.78, 5) is 51.7. The van der Waals surface area contributed by atoms with Crippen LogP contribution in [0.15, 0.2) is 72.9 Å². The van der Waals surface area contributed by atoms with E-state index in [1.165, 1.54) is 0 Å². The Morgan fingerprint density at radius 1 is 0.865 bits per heavy atom. The summed E-state index contributed by atoms with van der Waals surface area (Å²) in [6.45, 7) is 3.74. The number of hydrogen-bond donors (Lipinski definition) is 0. The summed E-state index contributed by atoms with van der Waals surface area (Å²) in [5.74, 6) is 0.835. The Kier molecular flexibility index (Phi) is 6.08. The van der Waals surface area contributed by atoms with Gasteiger partial charge < -0.3 is 19.6 Å². The van der Waals surface area contributed by atoms with Crippen LogP contribution in [0, 0.1) is 0 Å². The quantitative estimate of drug-likeness (QED) is 0.556. The van der Waals surface area contributed by atoms with Crippen molar-refractivity contribution in [1.29, 1.82) is 0 Å². The lowest BCUT2D eigenvalue weighted by molar-refractivity contribution is -0.122. The highest BCUT2D eigenvalue weighted by Crippen LogP contribution is 2.33. The van der Waals surface area contributed by atoms with Crippen LogP contribution in [0.1, 0.15) is 39.1 Å². The number of pyridine rings is 1. The van der Waals surface area contributed by atoms with Gasteiger partial charge in [-0.05, 0) is 54.8 Å². The molecule has 0 saturated carbocycles. The lowest BCUT2D eigenvalue weighted by Crippen LogP contribution is -2.49. The second-order valence-corrected chi connectivity index (χ2v) is 9.76. The van der Waals surface area contributed by atoms with Crippen molar-refractivity contribution in [1.82, 2.24) is 14.8 Å². The number of rotatable bonds is 4. The summed E-state index contributed by atoms with van der Waals surface area (Å²) in [6, 6.07) is 20.3. The SMILES string of the molecule is O=C(c1ccc(CN2C(=O)C3CCCN3C(=O)c3ccccc32)cc1)N1CCN(c2ccccn2)CC1. The summed E-state index contributed by atoms with van der Waals surface area (Å²) in [5, 5.41) is 0. The van der Waals surface area contributed by atoms with E-state index in [1.807, 2.05) is 65.6 Å². The maximum Gasteiger partial charge on any atom is 0.256 e. The Morgan fingerprint density at radius 2 is 1.62 bits per heavy atom. The molecule has 3 aromatic rings. The second kappa shape index (κ2) is 9.69. The van der Waals surface area contributed by atoms with E-state index in [9.17, 15) is 14.4 Å². The molecule has 0 aliphatic carbocycles. The zero-order chi connectivity index (χ0) is 25.4. The Bertz CT molecular complexity index is 1320. The van der Waals surface area contributed by atoms with Crippen molar-refractivity contribution in [3.05, 3.63) is 89.6 Å². The van der Waals surface area contributed by atoms with Gasteiger partial charge in [-0.2, -0.15) is 0 Å². The second-order valence-electron chi connectivity index (χ2n) is 9.76. The van der Waals surface area contributed by atoms with Gasteiger partial charge in [-0.15, -0.1) is 0 Å². The van der Waals surface area contributed by atoms with Crippen molar-refractivity contribution in [2.75, 3.05) is 42.5 Å². The molecular formula is C29H29N5O3. The minimum Gasteiger partial charge on any atom is -0.353 e. The third kappa shape index (κ3) is 4.33. The highest BCUT2D eigenvalue weighted by molar-refractivity contribution is 6.11. The maximum atomic E-state index is 13.5. The molecule has 0 radical (unpaired) electrons. The molecule has 2 saturated heterocycles. The fraction of sp³-hybridized carbons (Fsp3) is 0.310. The first-order valence-corrected chi connectivity index (χ1v) is 12.9. The fourth-order valence-electron chi connectivity index (χ4n) is 5.57. The van der Waals surface area contributed by atoms with E-state index in [2.05, 4.69) is 9.88 Å². The van der Waals surface area contributed by atoms with E-state index in [4.69, 9.17) is 0 Å². The summed E-state index contributed by atoms with van der Waals surface area (Å²) < 4.78 is 0. The zero-order valence-corrected chi connectivity index (χ0v) is 20.6. The van der Waals surface area contributed by atoms with Crippen LogP contribution in [-0.4, -0.2) is 71.3 Å². The molecule has 1 atom stereocenters. The molecule has 37 heavy (non-hydrogen) atoms. The molecule has 8 heteroatoms. The molecule has 2 aromatic carbocycles. The maximum absolute atomic E-state index is 13.5. The number of carbonyl (C=O) groups is 3. The predicted octanol–water partition coefficient (Wildman–Crippen LogP) is 3.20. The van der Waals surface area contributed by atoms with E-state index in [0.717, 1.165) is 30.9 Å². The lowest BCUT2D eigenvalue weighted by atomic mass is 10.1. The van der Waals surface area contributed by atoms with Crippen LogP contribution in [0.25, 0.3) is 0 Å². The van der Waals surface area contributed by atoms with E-state index in [0.29, 0.717) is 49.4 Å². The summed E-state index contributed by atoms with van der Waals surface area (Å²) >= 11 is 0. The molecule has 3 aliphatic rings. The number of anilines is 2. The lowest BCUT2D eigenvalue weighted by Gasteiger charge is -2.35. The molecule has 3 amide bonds. The predicted molar refractivity (Wildman–Crippen MR) is 140 cm³/mol. The van der Waals surface area contributed by atoms with E-state index >= 15 is 0 Å². The van der Waals surface area contributed by atoms with Crippen LogP contribution >= 0.6 is 0 Å². The highest BCUT2D eigenvalue weighted by Gasteiger charge is 2.41. The van der Waals surface area contributed by atoms with Crippen molar-refractivity contribution in [3.63, 3.8) is 0 Å². The monoisotopic (exact) mass is 495 g/mol. The van der Waals surface area contributed by atoms with Crippen molar-refractivity contribution in [3.8, 4) is 0 Å². The van der Waals surface area contributed by atoms with Crippen molar-refractivity contribution in [2.24, 2.45) is 0 Å². The van der Waals surface area contributed by atoms with Crippen LogP contribution in [0.4, 0.5) is 11.5 Å². The van der Waals surface area contributed by atoms with Gasteiger partial charge >= 0.3 is 0 Å². The third-order valence-corrected chi connectivity index (χ3v) is 7.57. The normalized spacial score (nSPS) is 19.5. The van der Waals surface area contributed by atoms with Gasteiger partial charge in [0.25, 0.3) is 11.8 Å². The summed E-state index contributed by atoms with van der Waals surface area (Å²) in [5.41, 5.74) is 2.77. The Hall–Kier alpha value is -4.20. The molecule has 2 fully saturated rings. The van der Waals surface area contributed by atoms with E-state index < -0.39 is 6.04 Å². The largest absolute Gasteiger partial charge is 0.353 e. The molecule has 1 aromatic heterocycles. The Morgan fingerprint density at radius 3 is 2.38 bits per heavy atom. The zero-order valence-electron chi connectivity index (χ0n) is 20.6. The Labute approximate surface area is 216 Å². The van der Waals surface area contributed by atoms with Crippen LogP contribution in [0.3, 0.4) is 0 Å². The topological polar surface area (TPSA) is 77.1 Å². The van der Waals surface area contributed by atoms with Gasteiger partial charge in [0, 0.05) is 44.5 Å². The first-order chi connectivity index (χ1) is 18.1. The molecular weight excluding hydrogens is 466 g/mol. The van der Waals surface area contributed by atoms with Crippen molar-refractivity contribution < 1.29 is 14.4 Å². The summed E-state index contributed by atoms with van der Waals surface area (Å²) in [7, 11) is 0. The molecule has 3 aliphatic heterocycles. The molecule has 8 nitrogen and oxygen atoms in total. The van der Waals surface area contributed by atoms with E-state index in [1.54, 1.807) is 22.1 Å². The van der Waals surface area contributed by atoms with Gasteiger partial charge in [0.05, 0.1) is 17.8 Å². The molecule has 6 rings (SSSR count). The van der Waals surface area contributed by atoms with Gasteiger partial charge in [0.15, 0.2) is 0 Å². The smallest absolute Gasteiger partial charge is 0.256 e. The van der Waals surface area contributed by atoms with Gasteiger partial charge in [0.2, 0.25) is 5.91 Å². The summed E-state index contributed by atoms with van der Waals surface area (Å²) in [6.07, 6.45) is 3.31. The first kappa shape index (κ1) is 23.2. The van der Waals surface area contributed by atoms with Gasteiger partial charge in [-0.1, -0.05) is 30.3 Å². The van der Waals surface area contributed by atoms with Crippen LogP contribution in [0.2, 0.25) is 0 Å². The minimum atomic E-state index is -0.412. The van der Waals surface area contributed by atoms with Gasteiger partial charge in [-0.3, -0.25) is 14.4 Å². The number of para-hydroxylation sites is 1. The number of benzene rings is 2. The molecule has 0 spiro atoms. The number of hydrogen-bond acceptors (Lipinski definition) is 5.